The van der Waals surface area contributed by atoms with E-state index in [0.29, 0.717) is 10.4 Å². The lowest BCUT2D eigenvalue weighted by Gasteiger charge is -2.20. The summed E-state index contributed by atoms with van der Waals surface area (Å²) in [6, 6.07) is 0. The van der Waals surface area contributed by atoms with Crippen LogP contribution in [0.15, 0.2) is 12.2 Å². The summed E-state index contributed by atoms with van der Waals surface area (Å²) in [5, 5.41) is 0. The number of carbonyl (C=O) groups excluding carboxylic acids is 1. The van der Waals surface area contributed by atoms with Crippen molar-refractivity contribution in [3.8, 4) is 0 Å². The highest BCUT2D eigenvalue weighted by molar-refractivity contribution is 7.80. The number of carbonyl (C=O) groups is 1. The highest BCUT2D eigenvalue weighted by atomic mass is 32.3. The van der Waals surface area contributed by atoms with Gasteiger partial charge in [0.05, 0.1) is 34.7 Å². The molecule has 0 N–H and O–H groups in total. The molecule has 0 saturated carbocycles. The minimum atomic E-state index is -4.41. The van der Waals surface area contributed by atoms with Crippen molar-refractivity contribution in [3.63, 3.8) is 0 Å². The molecule has 0 aliphatic heterocycles. The summed E-state index contributed by atoms with van der Waals surface area (Å²) in [4.78, 5) is 11.8. The van der Waals surface area contributed by atoms with Crippen LogP contribution in [0.3, 0.4) is 0 Å². The lowest BCUT2D eigenvalue weighted by atomic mass is 10.1. The fraction of sp³-hybridized carbons (Fsp3) is 0.864. The van der Waals surface area contributed by atoms with Gasteiger partial charge in [-0.3, -0.25) is 8.67 Å². The van der Waals surface area contributed by atoms with Crippen LogP contribution in [0.1, 0.15) is 96.8 Å². The van der Waals surface area contributed by atoms with Gasteiger partial charge in [-0.1, -0.05) is 70.4 Å². The summed E-state index contributed by atoms with van der Waals surface area (Å²) >= 11 is 0. The molecular weight excluding hydrogens is 390 g/mol. The monoisotopic (exact) mass is 435 g/mol. The molecule has 174 valence electrons. The van der Waals surface area contributed by atoms with Crippen LogP contribution in [0.2, 0.25) is 0 Å². The molecule has 0 unspecified atom stereocenters. The fourth-order valence-electron chi connectivity index (χ4n) is 2.68. The lowest BCUT2D eigenvalue weighted by molar-refractivity contribution is -0.792. The Hall–Kier alpha value is -0.760. The highest BCUT2D eigenvalue weighted by Crippen LogP contribution is 2.11. The number of unbranched alkanes of at least 4 members (excludes halogenated alkanes) is 11. The Kier molecular flexibility index (Phi) is 20.2. The molecule has 0 aliphatic rings. The van der Waals surface area contributed by atoms with Crippen LogP contribution < -0.4 is 0 Å². The van der Waals surface area contributed by atoms with Crippen LogP contribution in [-0.4, -0.2) is 51.6 Å². The number of hydrogen-bond acceptors (Lipinski definition) is 5. The Morgan fingerprint density at radius 1 is 0.828 bits per heavy atom. The predicted octanol–water partition coefficient (Wildman–Crippen LogP) is 5.35. The Bertz CT molecular complexity index is 510. The van der Waals surface area contributed by atoms with Gasteiger partial charge in [0.1, 0.15) is 0 Å². The smallest absolute Gasteiger partial charge is 0.313 e. The molecule has 0 spiro atoms. The summed E-state index contributed by atoms with van der Waals surface area (Å²) in [5.41, 5.74) is 0. The van der Waals surface area contributed by atoms with Gasteiger partial charge in [0.2, 0.25) is 10.4 Å². The van der Waals surface area contributed by atoms with E-state index in [-0.39, 0.29) is 0 Å². The van der Waals surface area contributed by atoms with Gasteiger partial charge in [0, 0.05) is 0 Å². The molecule has 0 heterocycles. The van der Waals surface area contributed by atoms with Gasteiger partial charge in [-0.15, -0.1) is 0 Å². The van der Waals surface area contributed by atoms with Crippen LogP contribution in [0.5, 0.6) is 0 Å². The van der Waals surface area contributed by atoms with Crippen molar-refractivity contribution < 1.29 is 26.4 Å². The average Bonchev–Trinajstić information content (AvgIpc) is 2.63. The van der Waals surface area contributed by atoms with Gasteiger partial charge in [0.25, 0.3) is 0 Å². The second-order valence-electron chi connectivity index (χ2n) is 8.32. The van der Waals surface area contributed by atoms with Crippen LogP contribution in [0.25, 0.3) is 0 Å². The third-order valence-electron chi connectivity index (χ3n) is 4.60. The first-order valence-electron chi connectivity index (χ1n) is 11.1. The molecule has 1 amide bonds. The molecule has 0 aromatic carbocycles. The van der Waals surface area contributed by atoms with E-state index in [9.17, 15) is 17.8 Å². The van der Waals surface area contributed by atoms with Gasteiger partial charge in [-0.25, -0.2) is 13.2 Å². The van der Waals surface area contributed by atoms with Crippen LogP contribution in [0.4, 0.5) is 0 Å². The van der Waals surface area contributed by atoms with Gasteiger partial charge in [-0.05, 0) is 32.1 Å². The molecule has 0 bridgehead atoms. The summed E-state index contributed by atoms with van der Waals surface area (Å²) in [7, 11) is 2.27. The molecule has 0 fully saturated rings. The zero-order valence-electron chi connectivity index (χ0n) is 19.5. The molecule has 7 heteroatoms. The van der Waals surface area contributed by atoms with E-state index >= 15 is 0 Å². The highest BCUT2D eigenvalue weighted by Gasteiger charge is 2.18. The standard InChI is InChI=1S/C21H42NO.CH4O4S/c1-5-6-7-8-9-10-11-12-13-14-15-16-17-18-19-20-21(23)22(2,3)4;1-5-6(2,3)4/h12-13H,5-11,14-20H2,1-4H3;1H3,(H,2,3,4)/q+1;/p-1/b13-12-;. The van der Waals surface area contributed by atoms with E-state index in [4.69, 9.17) is 0 Å². The average molecular weight is 436 g/mol. The SMILES string of the molecule is CCCCCCCC/C=C\CCCCCCCC(=O)[N+](C)(C)C.COS(=O)(=O)[O-]. The maximum Gasteiger partial charge on any atom is 0.313 e. The second-order valence-corrected chi connectivity index (χ2v) is 9.47. The molecule has 0 radical (unpaired) electrons. The summed E-state index contributed by atoms with van der Waals surface area (Å²) in [6.07, 6.45) is 22.4. The number of nitrogens with zero attached hydrogens (tertiary/aromatic N) is 1. The number of allylic oxidation sites excluding steroid dienone is 2. The third-order valence-corrected chi connectivity index (χ3v) is 5.01. The first-order chi connectivity index (χ1) is 13.5. The normalized spacial score (nSPS) is 12.1. The zero-order valence-corrected chi connectivity index (χ0v) is 20.3. The first kappa shape index (κ1) is 30.4. The second kappa shape index (κ2) is 19.2. The number of amides is 1. The quantitative estimate of drug-likeness (QED) is 0.107. The number of rotatable bonds is 16. The van der Waals surface area contributed by atoms with E-state index in [1.165, 1.54) is 77.0 Å². The number of hydrogen-bond donors (Lipinski definition) is 0. The van der Waals surface area contributed by atoms with Crippen LogP contribution in [-0.2, 0) is 19.4 Å². The minimum absolute atomic E-state index is 0.350. The molecule has 0 rings (SSSR count). The Labute approximate surface area is 180 Å². The van der Waals surface area contributed by atoms with E-state index in [0.717, 1.165) is 20.0 Å². The Morgan fingerprint density at radius 2 is 1.21 bits per heavy atom. The van der Waals surface area contributed by atoms with Gasteiger partial charge in [0.15, 0.2) is 0 Å². The molecule has 29 heavy (non-hydrogen) atoms. The number of quaternary nitrogens is 1. The van der Waals surface area contributed by atoms with E-state index < -0.39 is 10.4 Å². The fourth-order valence-corrected chi connectivity index (χ4v) is 2.68. The van der Waals surface area contributed by atoms with Crippen LogP contribution in [0, 0.1) is 0 Å². The summed E-state index contributed by atoms with van der Waals surface area (Å²) in [6.45, 7) is 2.27. The molecule has 0 aromatic rings. The zero-order chi connectivity index (χ0) is 22.6. The maximum absolute atomic E-state index is 11.8. The lowest BCUT2D eigenvalue weighted by Crippen LogP contribution is -2.40. The van der Waals surface area contributed by atoms with Crippen molar-refractivity contribution in [1.82, 2.24) is 0 Å². The molecule has 0 saturated heterocycles. The third kappa shape index (κ3) is 27.2. The topological polar surface area (TPSA) is 83.5 Å². The van der Waals surface area contributed by atoms with Crippen molar-refractivity contribution in [2.75, 3.05) is 28.3 Å². The van der Waals surface area contributed by atoms with Gasteiger partial charge in [-0.2, -0.15) is 0 Å². The molecule has 0 aliphatic carbocycles. The van der Waals surface area contributed by atoms with Crippen molar-refractivity contribution in [2.24, 2.45) is 0 Å². The van der Waals surface area contributed by atoms with Crippen molar-refractivity contribution >= 4 is 16.3 Å². The van der Waals surface area contributed by atoms with E-state index in [2.05, 4.69) is 23.3 Å². The molecule has 0 atom stereocenters. The molecule has 0 aromatic heterocycles. The first-order valence-corrected chi connectivity index (χ1v) is 12.4. The minimum Gasteiger partial charge on any atom is -0.726 e. The van der Waals surface area contributed by atoms with Gasteiger partial charge < -0.3 is 4.55 Å². The maximum atomic E-state index is 11.8. The molecular formula is C22H45NO5S. The van der Waals surface area contributed by atoms with E-state index in [1.54, 1.807) is 0 Å². The van der Waals surface area contributed by atoms with Crippen molar-refractivity contribution in [3.05, 3.63) is 12.2 Å². The Morgan fingerprint density at radius 3 is 1.59 bits per heavy atom. The van der Waals surface area contributed by atoms with Crippen LogP contribution >= 0.6 is 0 Å². The van der Waals surface area contributed by atoms with Gasteiger partial charge >= 0.3 is 5.91 Å². The van der Waals surface area contributed by atoms with E-state index in [1.807, 2.05) is 21.1 Å². The van der Waals surface area contributed by atoms with Crippen molar-refractivity contribution in [2.45, 2.75) is 96.8 Å². The molecule has 6 nitrogen and oxygen atoms in total. The Balaban J connectivity index is 0. The summed E-state index contributed by atoms with van der Waals surface area (Å²) in [5.74, 6) is 0.350. The predicted molar refractivity (Wildman–Crippen MR) is 119 cm³/mol. The van der Waals surface area contributed by atoms with Crippen molar-refractivity contribution in [1.29, 1.82) is 0 Å². The summed E-state index contributed by atoms with van der Waals surface area (Å²) < 4.78 is 31.5. The largest absolute Gasteiger partial charge is 0.726 e.